The molecule has 0 amide bonds. The molecule has 142 valence electrons. The maximum Gasteiger partial charge on any atom is 0.0991 e. The lowest BCUT2D eigenvalue weighted by Crippen LogP contribution is -1.96. The highest BCUT2D eigenvalue weighted by Crippen LogP contribution is 2.35. The third-order valence-corrected chi connectivity index (χ3v) is 6.59. The fourth-order valence-corrected chi connectivity index (χ4v) is 4.92. The molecule has 0 bridgehead atoms. The minimum absolute atomic E-state index is 0.965. The molecule has 3 heterocycles. The van der Waals surface area contributed by atoms with Crippen LogP contribution in [0, 0.1) is 27.7 Å². The van der Waals surface area contributed by atoms with Gasteiger partial charge < -0.3 is 9.13 Å². The topological polar surface area (TPSA) is 35.6 Å². The first-order valence-corrected chi connectivity index (χ1v) is 10.2. The molecule has 3 aromatic heterocycles. The van der Waals surface area contributed by atoms with Gasteiger partial charge in [-0.2, -0.15) is 0 Å². The van der Waals surface area contributed by atoms with Crippen molar-refractivity contribution in [1.29, 1.82) is 0 Å². The van der Waals surface area contributed by atoms with E-state index in [0.29, 0.717) is 0 Å². The summed E-state index contributed by atoms with van der Waals surface area (Å²) in [4.78, 5) is 10.3. The number of hydrogen-bond acceptors (Lipinski definition) is 2. The third kappa shape index (κ3) is 2.00. The number of nitrogens with zero attached hydrogens (tertiary/aromatic N) is 4. The fourth-order valence-electron chi connectivity index (χ4n) is 4.92. The number of hydrogen-bond donors (Lipinski definition) is 0. The zero-order chi connectivity index (χ0) is 19.7. The second-order valence-corrected chi connectivity index (χ2v) is 7.79. The van der Waals surface area contributed by atoms with Gasteiger partial charge >= 0.3 is 0 Å². The highest BCUT2D eigenvalue weighted by Gasteiger charge is 2.18. The van der Waals surface area contributed by atoms with Crippen LogP contribution in [0.2, 0.25) is 0 Å². The lowest BCUT2D eigenvalue weighted by molar-refractivity contribution is 0.766. The van der Waals surface area contributed by atoms with Crippen molar-refractivity contribution in [3.63, 3.8) is 0 Å². The van der Waals surface area contributed by atoms with Gasteiger partial charge in [-0.15, -0.1) is 0 Å². The summed E-state index contributed by atoms with van der Waals surface area (Å²) >= 11 is 0. The van der Waals surface area contributed by atoms with Crippen LogP contribution in [0.5, 0.6) is 0 Å². The van der Waals surface area contributed by atoms with E-state index in [4.69, 9.17) is 9.97 Å². The van der Waals surface area contributed by atoms with Crippen molar-refractivity contribution < 1.29 is 0 Å². The molecule has 0 unspecified atom stereocenters. The maximum atomic E-state index is 5.13. The largest absolute Gasteiger partial charge is 0.345 e. The number of aryl methyl sites for hydroxylation is 4. The Kier molecular flexibility index (Phi) is 3.57. The van der Waals surface area contributed by atoms with Crippen molar-refractivity contribution in [3.05, 3.63) is 46.8 Å². The Labute approximate surface area is 164 Å². The molecule has 0 aliphatic carbocycles. The third-order valence-electron chi connectivity index (χ3n) is 6.59. The lowest BCUT2D eigenvalue weighted by atomic mass is 10.1. The van der Waals surface area contributed by atoms with Gasteiger partial charge in [-0.3, -0.25) is 0 Å². The van der Waals surface area contributed by atoms with E-state index in [2.05, 4.69) is 74.9 Å². The first kappa shape index (κ1) is 17.2. The molecule has 0 atom stereocenters. The molecule has 2 aromatic carbocycles. The summed E-state index contributed by atoms with van der Waals surface area (Å²) in [6.45, 7) is 15.1. The number of benzene rings is 2. The molecule has 0 spiro atoms. The molecular formula is C24H26N4. The Bertz CT molecular complexity index is 1310. The summed E-state index contributed by atoms with van der Waals surface area (Å²) < 4.78 is 4.74. The van der Waals surface area contributed by atoms with Crippen molar-refractivity contribution in [2.45, 2.75) is 54.6 Å². The van der Waals surface area contributed by atoms with E-state index in [-0.39, 0.29) is 0 Å². The molecular weight excluding hydrogens is 344 g/mol. The molecule has 0 radical (unpaired) electrons. The van der Waals surface area contributed by atoms with E-state index < -0.39 is 0 Å². The van der Waals surface area contributed by atoms with Crippen LogP contribution in [-0.4, -0.2) is 19.1 Å². The van der Waals surface area contributed by atoms with E-state index in [1.807, 2.05) is 0 Å². The van der Waals surface area contributed by atoms with Crippen LogP contribution in [0.3, 0.4) is 0 Å². The van der Waals surface area contributed by atoms with Crippen molar-refractivity contribution >= 4 is 43.9 Å². The van der Waals surface area contributed by atoms with Gasteiger partial charge in [0.15, 0.2) is 0 Å². The molecule has 0 fully saturated rings. The summed E-state index contributed by atoms with van der Waals surface area (Å²) in [5.74, 6) is 0. The Morgan fingerprint density at radius 2 is 1.04 bits per heavy atom. The molecule has 0 aliphatic heterocycles. The van der Waals surface area contributed by atoms with Gasteiger partial charge in [0, 0.05) is 35.2 Å². The van der Waals surface area contributed by atoms with E-state index in [1.165, 1.54) is 44.3 Å². The van der Waals surface area contributed by atoms with Crippen LogP contribution >= 0.6 is 0 Å². The summed E-state index contributed by atoms with van der Waals surface area (Å²) in [5, 5.41) is 2.48. The van der Waals surface area contributed by atoms with Gasteiger partial charge in [0.2, 0.25) is 0 Å². The second-order valence-electron chi connectivity index (χ2n) is 7.79. The molecule has 0 N–H and O–H groups in total. The Balaban J connectivity index is 1.97. The average Bonchev–Trinajstić information content (AvgIpc) is 3.10. The normalized spacial score (nSPS) is 12.2. The van der Waals surface area contributed by atoms with Gasteiger partial charge in [-0.1, -0.05) is 0 Å². The molecule has 4 heteroatoms. The summed E-state index contributed by atoms with van der Waals surface area (Å²) in [6, 6.07) is 8.67. The Hall–Kier alpha value is -2.88. The predicted molar refractivity (Wildman–Crippen MR) is 118 cm³/mol. The van der Waals surface area contributed by atoms with Crippen LogP contribution < -0.4 is 0 Å². The predicted octanol–water partition coefficient (Wildman–Crippen LogP) is 5.97. The highest BCUT2D eigenvalue weighted by atomic mass is 15.0. The Morgan fingerprint density at radius 3 is 1.39 bits per heavy atom. The summed E-state index contributed by atoms with van der Waals surface area (Å²) in [7, 11) is 0. The minimum Gasteiger partial charge on any atom is -0.345 e. The van der Waals surface area contributed by atoms with Crippen molar-refractivity contribution in [1.82, 2.24) is 19.1 Å². The summed E-state index contributed by atoms with van der Waals surface area (Å²) in [5.41, 5.74) is 11.7. The van der Waals surface area contributed by atoms with Gasteiger partial charge in [-0.05, 0) is 76.9 Å². The molecule has 5 aromatic rings. The van der Waals surface area contributed by atoms with Gasteiger partial charge in [0.1, 0.15) is 0 Å². The van der Waals surface area contributed by atoms with Crippen molar-refractivity contribution in [2.24, 2.45) is 0 Å². The van der Waals surface area contributed by atoms with Crippen LogP contribution in [0.15, 0.2) is 24.3 Å². The molecule has 4 nitrogen and oxygen atoms in total. The molecule has 0 aliphatic rings. The van der Waals surface area contributed by atoms with Crippen molar-refractivity contribution in [2.75, 3.05) is 0 Å². The Morgan fingerprint density at radius 1 is 0.643 bits per heavy atom. The average molecular weight is 371 g/mol. The second kappa shape index (κ2) is 5.81. The zero-order valence-corrected chi connectivity index (χ0v) is 17.5. The smallest absolute Gasteiger partial charge is 0.0991 e. The number of rotatable bonds is 2. The molecule has 28 heavy (non-hydrogen) atoms. The van der Waals surface area contributed by atoms with Crippen LogP contribution in [0.25, 0.3) is 43.9 Å². The summed E-state index contributed by atoms with van der Waals surface area (Å²) in [6.07, 6.45) is 0. The number of aromatic nitrogens is 4. The van der Waals surface area contributed by atoms with Crippen LogP contribution in [0.1, 0.15) is 36.4 Å². The highest BCUT2D eigenvalue weighted by molar-refractivity contribution is 6.12. The SMILES string of the molecule is CCn1c(C)c(C)c2c3nc4ccc5c(c(C)c(C)n5CC)c4nc3ccc21. The van der Waals surface area contributed by atoms with Crippen LogP contribution in [0.4, 0.5) is 0 Å². The first-order valence-electron chi connectivity index (χ1n) is 10.2. The quantitative estimate of drug-likeness (QED) is 0.359. The first-order chi connectivity index (χ1) is 13.5. The minimum atomic E-state index is 0.965. The molecule has 0 saturated heterocycles. The van der Waals surface area contributed by atoms with Gasteiger partial charge in [0.25, 0.3) is 0 Å². The van der Waals surface area contributed by atoms with E-state index in [9.17, 15) is 0 Å². The van der Waals surface area contributed by atoms with E-state index >= 15 is 0 Å². The van der Waals surface area contributed by atoms with Gasteiger partial charge in [0.05, 0.1) is 33.1 Å². The van der Waals surface area contributed by atoms with Gasteiger partial charge in [-0.25, -0.2) is 9.97 Å². The maximum absolute atomic E-state index is 5.13. The number of fused-ring (bicyclic) bond motifs is 6. The van der Waals surface area contributed by atoms with E-state index in [0.717, 1.165) is 35.2 Å². The fraction of sp³-hybridized carbons (Fsp3) is 0.333. The van der Waals surface area contributed by atoms with Crippen molar-refractivity contribution in [3.8, 4) is 0 Å². The lowest BCUT2D eigenvalue weighted by Gasteiger charge is -2.07. The monoisotopic (exact) mass is 370 g/mol. The molecule has 0 saturated carbocycles. The molecule has 5 rings (SSSR count). The zero-order valence-electron chi connectivity index (χ0n) is 17.5. The standard InChI is InChI=1S/C24H26N4/c1-7-27-15(5)13(3)21-19(27)11-9-17-23(21)25-18-10-12-20-22(24(18)26-17)14(4)16(6)28(20)8-2/h9-12H,7-8H2,1-6H3. The van der Waals surface area contributed by atoms with E-state index in [1.54, 1.807) is 0 Å². The van der Waals surface area contributed by atoms with Crippen LogP contribution in [-0.2, 0) is 13.1 Å².